The molecule has 0 aliphatic heterocycles. The van der Waals surface area contributed by atoms with Crippen molar-refractivity contribution in [3.8, 4) is 0 Å². The number of hydrogen-bond acceptors (Lipinski definition) is 5. The first-order valence-corrected chi connectivity index (χ1v) is 8.34. The summed E-state index contributed by atoms with van der Waals surface area (Å²) in [5.41, 5.74) is 1.31. The molecular weight excluding hydrogens is 322 g/mol. The van der Waals surface area contributed by atoms with Gasteiger partial charge in [0.1, 0.15) is 5.76 Å². The van der Waals surface area contributed by atoms with Gasteiger partial charge in [0.25, 0.3) is 5.69 Å². The monoisotopic (exact) mass is 343 g/mol. The van der Waals surface area contributed by atoms with E-state index in [1.54, 1.807) is 19.3 Å². The summed E-state index contributed by atoms with van der Waals surface area (Å²) in [7, 11) is 0. The van der Waals surface area contributed by atoms with Crippen molar-refractivity contribution in [2.75, 3.05) is 11.9 Å². The van der Waals surface area contributed by atoms with Gasteiger partial charge in [-0.3, -0.25) is 19.8 Å². The number of benzene rings is 1. The molecule has 1 fully saturated rings. The summed E-state index contributed by atoms with van der Waals surface area (Å²) in [6.07, 6.45) is 4.34. The third-order valence-electron chi connectivity index (χ3n) is 4.32. The van der Waals surface area contributed by atoms with Crippen molar-refractivity contribution in [3.05, 3.63) is 58.0 Å². The summed E-state index contributed by atoms with van der Waals surface area (Å²) in [5.74, 6) is 0.806. The van der Waals surface area contributed by atoms with Crippen LogP contribution in [0.3, 0.4) is 0 Å². The molecule has 1 saturated carbocycles. The Kier molecular flexibility index (Phi) is 5.14. The normalized spacial score (nSPS) is 13.8. The fourth-order valence-corrected chi connectivity index (χ4v) is 2.79. The molecule has 25 heavy (non-hydrogen) atoms. The Morgan fingerprint density at radius 2 is 2.20 bits per heavy atom. The highest BCUT2D eigenvalue weighted by atomic mass is 16.6. The standard InChI is InChI=1S/C18H21N3O4/c1-13-11-15(21(23)24)6-7-17(13)19-18(22)8-9-20(14-4-5-14)12-16-3-2-10-25-16/h2-3,6-7,10-11,14H,4-5,8-9,12H2,1H3,(H,19,22). The number of nitro benzene ring substituents is 1. The molecule has 1 aromatic carbocycles. The summed E-state index contributed by atoms with van der Waals surface area (Å²) in [5, 5.41) is 13.6. The minimum Gasteiger partial charge on any atom is -0.468 e. The number of nitrogens with one attached hydrogen (secondary N) is 1. The average molecular weight is 343 g/mol. The molecule has 7 nitrogen and oxygen atoms in total. The molecule has 1 N–H and O–H groups in total. The molecule has 1 aromatic heterocycles. The van der Waals surface area contributed by atoms with Crippen LogP contribution in [-0.4, -0.2) is 28.3 Å². The van der Waals surface area contributed by atoms with Crippen LogP contribution in [0.1, 0.15) is 30.6 Å². The number of non-ortho nitro benzene ring substituents is 1. The van der Waals surface area contributed by atoms with Crippen LogP contribution in [0.2, 0.25) is 0 Å². The Hall–Kier alpha value is -2.67. The number of carbonyl (C=O) groups excluding carboxylic acids is 1. The van der Waals surface area contributed by atoms with Crippen molar-refractivity contribution in [2.45, 2.75) is 38.8 Å². The van der Waals surface area contributed by atoms with Crippen molar-refractivity contribution in [3.63, 3.8) is 0 Å². The van der Waals surface area contributed by atoms with Crippen LogP contribution in [0.25, 0.3) is 0 Å². The number of rotatable bonds is 8. The molecular formula is C18H21N3O4. The second kappa shape index (κ2) is 7.48. The van der Waals surface area contributed by atoms with Crippen LogP contribution in [0.4, 0.5) is 11.4 Å². The summed E-state index contributed by atoms with van der Waals surface area (Å²) in [6.45, 7) is 3.11. The van der Waals surface area contributed by atoms with E-state index in [1.807, 2.05) is 12.1 Å². The van der Waals surface area contributed by atoms with Crippen LogP contribution in [0, 0.1) is 17.0 Å². The van der Waals surface area contributed by atoms with E-state index < -0.39 is 4.92 Å². The van der Waals surface area contributed by atoms with Crippen molar-refractivity contribution >= 4 is 17.3 Å². The van der Waals surface area contributed by atoms with E-state index in [1.165, 1.54) is 12.1 Å². The molecule has 0 unspecified atom stereocenters. The van der Waals surface area contributed by atoms with E-state index >= 15 is 0 Å². The Morgan fingerprint density at radius 3 is 2.80 bits per heavy atom. The van der Waals surface area contributed by atoms with Crippen LogP contribution < -0.4 is 5.32 Å². The third-order valence-corrected chi connectivity index (χ3v) is 4.32. The highest BCUT2D eigenvalue weighted by Crippen LogP contribution is 2.28. The van der Waals surface area contributed by atoms with E-state index in [4.69, 9.17) is 4.42 Å². The first-order valence-electron chi connectivity index (χ1n) is 8.34. The van der Waals surface area contributed by atoms with Gasteiger partial charge in [-0.1, -0.05) is 0 Å². The fourth-order valence-electron chi connectivity index (χ4n) is 2.79. The summed E-state index contributed by atoms with van der Waals surface area (Å²) < 4.78 is 5.39. The number of nitrogens with zero attached hydrogens (tertiary/aromatic N) is 2. The van der Waals surface area contributed by atoms with E-state index in [0.29, 0.717) is 36.8 Å². The maximum Gasteiger partial charge on any atom is 0.269 e. The predicted octanol–water partition coefficient (Wildman–Crippen LogP) is 3.49. The highest BCUT2D eigenvalue weighted by Gasteiger charge is 2.29. The van der Waals surface area contributed by atoms with Gasteiger partial charge in [-0.2, -0.15) is 0 Å². The Bertz CT molecular complexity index is 754. The number of aryl methyl sites for hydroxylation is 1. The molecule has 1 aliphatic rings. The third kappa shape index (κ3) is 4.67. The van der Waals surface area contributed by atoms with Crippen LogP contribution in [0.5, 0.6) is 0 Å². The minimum absolute atomic E-state index is 0.0221. The number of hydrogen-bond donors (Lipinski definition) is 1. The smallest absolute Gasteiger partial charge is 0.269 e. The molecule has 0 atom stereocenters. The van der Waals surface area contributed by atoms with E-state index in [2.05, 4.69) is 10.2 Å². The van der Waals surface area contributed by atoms with Crippen LogP contribution in [-0.2, 0) is 11.3 Å². The van der Waals surface area contributed by atoms with E-state index in [0.717, 1.165) is 18.6 Å². The Balaban J connectivity index is 1.54. The molecule has 7 heteroatoms. The molecule has 0 spiro atoms. The molecule has 0 saturated heterocycles. The SMILES string of the molecule is Cc1cc([N+](=O)[O-])ccc1NC(=O)CCN(Cc1ccco1)C1CC1. The zero-order chi connectivity index (χ0) is 17.8. The quantitative estimate of drug-likeness (QED) is 0.585. The molecule has 1 aliphatic carbocycles. The molecule has 0 bridgehead atoms. The van der Waals surface area contributed by atoms with Gasteiger partial charge in [0.2, 0.25) is 5.91 Å². The van der Waals surface area contributed by atoms with Gasteiger partial charge in [0.15, 0.2) is 0 Å². The Labute approximate surface area is 145 Å². The molecule has 0 radical (unpaired) electrons. The lowest BCUT2D eigenvalue weighted by Crippen LogP contribution is -2.29. The van der Waals surface area contributed by atoms with Crippen molar-refractivity contribution < 1.29 is 14.1 Å². The van der Waals surface area contributed by atoms with Crippen molar-refractivity contribution in [2.24, 2.45) is 0 Å². The van der Waals surface area contributed by atoms with Crippen LogP contribution in [0.15, 0.2) is 41.0 Å². The van der Waals surface area contributed by atoms with Crippen molar-refractivity contribution in [1.82, 2.24) is 4.90 Å². The maximum absolute atomic E-state index is 12.2. The fraction of sp³-hybridized carbons (Fsp3) is 0.389. The van der Waals surface area contributed by atoms with E-state index in [9.17, 15) is 14.9 Å². The molecule has 2 aromatic rings. The number of carbonyl (C=O) groups is 1. The van der Waals surface area contributed by atoms with Gasteiger partial charge in [-0.05, 0) is 43.5 Å². The second-order valence-corrected chi connectivity index (χ2v) is 6.34. The van der Waals surface area contributed by atoms with Gasteiger partial charge >= 0.3 is 0 Å². The largest absolute Gasteiger partial charge is 0.468 e. The Morgan fingerprint density at radius 1 is 1.40 bits per heavy atom. The first-order chi connectivity index (χ1) is 12.0. The maximum atomic E-state index is 12.2. The lowest BCUT2D eigenvalue weighted by Gasteiger charge is -2.20. The van der Waals surface area contributed by atoms with Gasteiger partial charge in [-0.25, -0.2) is 0 Å². The minimum atomic E-state index is -0.444. The molecule has 1 amide bonds. The molecule has 1 heterocycles. The predicted molar refractivity (Wildman–Crippen MR) is 93.2 cm³/mol. The molecule has 132 valence electrons. The first kappa shape index (κ1) is 17.2. The second-order valence-electron chi connectivity index (χ2n) is 6.34. The average Bonchev–Trinajstić information content (AvgIpc) is 3.30. The highest BCUT2D eigenvalue weighted by molar-refractivity contribution is 5.91. The number of amides is 1. The number of nitro groups is 1. The topological polar surface area (TPSA) is 88.6 Å². The lowest BCUT2D eigenvalue weighted by atomic mass is 10.1. The zero-order valence-electron chi connectivity index (χ0n) is 14.1. The molecule has 3 rings (SSSR count). The van der Waals surface area contributed by atoms with Crippen molar-refractivity contribution in [1.29, 1.82) is 0 Å². The zero-order valence-corrected chi connectivity index (χ0v) is 14.1. The summed E-state index contributed by atoms with van der Waals surface area (Å²) in [4.78, 5) is 24.8. The van der Waals surface area contributed by atoms with Crippen LogP contribution >= 0.6 is 0 Å². The van der Waals surface area contributed by atoms with Gasteiger partial charge in [0.05, 0.1) is 17.7 Å². The summed E-state index contributed by atoms with van der Waals surface area (Å²) >= 11 is 0. The van der Waals surface area contributed by atoms with Gasteiger partial charge < -0.3 is 9.73 Å². The van der Waals surface area contributed by atoms with Gasteiger partial charge in [0, 0.05) is 36.8 Å². The van der Waals surface area contributed by atoms with E-state index in [-0.39, 0.29) is 11.6 Å². The number of furan rings is 1. The summed E-state index contributed by atoms with van der Waals surface area (Å²) in [6, 6.07) is 8.77. The lowest BCUT2D eigenvalue weighted by molar-refractivity contribution is -0.384. The van der Waals surface area contributed by atoms with Gasteiger partial charge in [-0.15, -0.1) is 0 Å². The number of anilines is 1.